The zero-order valence-corrected chi connectivity index (χ0v) is 13.4. The molecule has 20 heavy (non-hydrogen) atoms. The molecule has 1 rings (SSSR count). The molecule has 0 aliphatic heterocycles. The molecule has 0 aliphatic carbocycles. The summed E-state index contributed by atoms with van der Waals surface area (Å²) in [5.74, 6) is 2.11. The average molecular weight is 312 g/mol. The van der Waals surface area contributed by atoms with Gasteiger partial charge in [0.1, 0.15) is 0 Å². The van der Waals surface area contributed by atoms with Gasteiger partial charge in [0.25, 0.3) is 0 Å². The Morgan fingerprint density at radius 3 is 2.55 bits per heavy atom. The van der Waals surface area contributed by atoms with Crippen molar-refractivity contribution in [1.82, 2.24) is 5.32 Å². The summed E-state index contributed by atoms with van der Waals surface area (Å²) in [4.78, 5) is 0.272. The van der Waals surface area contributed by atoms with Gasteiger partial charge in [-0.15, -0.1) is 0 Å². The molecule has 0 amide bonds. The van der Waals surface area contributed by atoms with Crippen LogP contribution in [0.5, 0.6) is 0 Å². The summed E-state index contributed by atoms with van der Waals surface area (Å²) in [5, 5.41) is 11.9. The maximum Gasteiger partial charge on any atom is 0.179 e. The summed E-state index contributed by atoms with van der Waals surface area (Å²) >= 11 is 1.83. The van der Waals surface area contributed by atoms with Gasteiger partial charge in [0.2, 0.25) is 0 Å². The fourth-order valence-corrected chi connectivity index (χ4v) is 3.53. The summed E-state index contributed by atoms with van der Waals surface area (Å²) < 4.78 is 24.2. The third-order valence-electron chi connectivity index (χ3n) is 2.78. The summed E-state index contributed by atoms with van der Waals surface area (Å²) in [6.07, 6.45) is 0. The molecule has 1 atom stereocenters. The fourth-order valence-electron chi connectivity index (χ4n) is 1.65. The second kappa shape index (κ2) is 8.30. The van der Waals surface area contributed by atoms with Crippen LogP contribution in [0.3, 0.4) is 0 Å². The molecule has 0 aliphatic rings. The molecule has 0 bridgehead atoms. The number of nitrogens with one attached hydrogen (secondary N) is 1. The van der Waals surface area contributed by atoms with Gasteiger partial charge in [-0.1, -0.05) is 6.92 Å². The van der Waals surface area contributed by atoms with Crippen LogP contribution in [0.2, 0.25) is 0 Å². The zero-order chi connectivity index (χ0) is 15.0. The van der Waals surface area contributed by atoms with E-state index >= 15 is 0 Å². The van der Waals surface area contributed by atoms with Crippen LogP contribution in [0.15, 0.2) is 29.2 Å². The number of rotatable bonds is 8. The molecule has 0 heterocycles. The van der Waals surface area contributed by atoms with Gasteiger partial charge in [-0.3, -0.25) is 0 Å². The topological polar surface area (TPSA) is 70.0 Å². The van der Waals surface area contributed by atoms with E-state index in [9.17, 15) is 8.42 Å². The van der Waals surface area contributed by atoms with E-state index in [2.05, 4.69) is 19.2 Å². The van der Waals surface area contributed by atoms with E-state index in [-0.39, 0.29) is 10.6 Å². The Labute approximate surface area is 125 Å². The van der Waals surface area contributed by atoms with Crippen molar-refractivity contribution in [2.24, 2.45) is 0 Å². The third-order valence-corrected chi connectivity index (χ3v) is 5.65. The first kappa shape index (κ1) is 17.0. The largest absolute Gasteiger partial charge is 0.312 e. The first-order valence-corrected chi connectivity index (χ1v) is 9.34. The predicted molar refractivity (Wildman–Crippen MR) is 83.7 cm³/mol. The molecule has 1 aromatic rings. The quantitative estimate of drug-likeness (QED) is 0.795. The van der Waals surface area contributed by atoms with Gasteiger partial charge in [-0.05, 0) is 36.9 Å². The van der Waals surface area contributed by atoms with Crippen molar-refractivity contribution in [2.75, 3.05) is 23.8 Å². The normalized spacial score (nSPS) is 12.8. The number of benzene rings is 1. The molecule has 0 fully saturated rings. The van der Waals surface area contributed by atoms with Crippen molar-refractivity contribution in [2.45, 2.75) is 24.8 Å². The lowest BCUT2D eigenvalue weighted by Gasteiger charge is -2.13. The average Bonchev–Trinajstić information content (AvgIpc) is 2.45. The molecule has 0 radical (unpaired) electrons. The van der Waals surface area contributed by atoms with Gasteiger partial charge >= 0.3 is 0 Å². The van der Waals surface area contributed by atoms with Gasteiger partial charge in [0.15, 0.2) is 9.84 Å². The lowest BCUT2D eigenvalue weighted by Crippen LogP contribution is -2.32. The van der Waals surface area contributed by atoms with Crippen molar-refractivity contribution in [3.63, 3.8) is 0 Å². The molecule has 0 saturated heterocycles. The molecule has 1 unspecified atom stereocenters. The van der Waals surface area contributed by atoms with Crippen LogP contribution in [0.1, 0.15) is 19.4 Å². The lowest BCUT2D eigenvalue weighted by molar-refractivity contribution is 0.580. The Bertz CT molecular complexity index is 548. The van der Waals surface area contributed by atoms with Crippen molar-refractivity contribution in [1.29, 1.82) is 5.26 Å². The minimum absolute atomic E-state index is 0.0695. The second-order valence-electron chi connectivity index (χ2n) is 4.47. The van der Waals surface area contributed by atoms with Crippen molar-refractivity contribution < 1.29 is 8.42 Å². The Balaban J connectivity index is 2.51. The molecule has 0 spiro atoms. The fraction of sp³-hybridized carbons (Fsp3) is 0.500. The van der Waals surface area contributed by atoms with Crippen LogP contribution in [-0.4, -0.2) is 38.3 Å². The number of nitriles is 1. The van der Waals surface area contributed by atoms with E-state index < -0.39 is 9.84 Å². The molecule has 0 saturated carbocycles. The van der Waals surface area contributed by atoms with Gasteiger partial charge in [0.05, 0.1) is 22.3 Å². The summed E-state index contributed by atoms with van der Waals surface area (Å²) in [7, 11) is -3.28. The van der Waals surface area contributed by atoms with Crippen LogP contribution < -0.4 is 5.32 Å². The van der Waals surface area contributed by atoms with Crippen LogP contribution in [0.4, 0.5) is 0 Å². The minimum Gasteiger partial charge on any atom is -0.312 e. The maximum absolute atomic E-state index is 12.1. The molecule has 0 aromatic heterocycles. The highest BCUT2D eigenvalue weighted by Gasteiger charge is 2.14. The Kier molecular flexibility index (Phi) is 7.06. The molecular formula is C14H20N2O2S2. The smallest absolute Gasteiger partial charge is 0.179 e. The van der Waals surface area contributed by atoms with Gasteiger partial charge in [-0.25, -0.2) is 8.42 Å². The standard InChI is InChI=1S/C14H20N2O2S2/c1-3-19-11-12(2)16-8-9-20(17,18)14-6-4-13(10-15)5-7-14/h4-7,12,16H,3,8-9,11H2,1-2H3. The van der Waals surface area contributed by atoms with Crippen molar-refractivity contribution >= 4 is 21.6 Å². The summed E-state index contributed by atoms with van der Waals surface area (Å²) in [6.45, 7) is 4.59. The molecular weight excluding hydrogens is 292 g/mol. The first-order valence-electron chi connectivity index (χ1n) is 6.53. The number of hydrogen-bond donors (Lipinski definition) is 1. The van der Waals surface area contributed by atoms with E-state index in [4.69, 9.17) is 5.26 Å². The number of hydrogen-bond acceptors (Lipinski definition) is 5. The maximum atomic E-state index is 12.1. The third kappa shape index (κ3) is 5.53. The molecule has 4 nitrogen and oxygen atoms in total. The number of thioether (sulfide) groups is 1. The van der Waals surface area contributed by atoms with E-state index in [1.54, 1.807) is 0 Å². The van der Waals surface area contributed by atoms with E-state index in [1.807, 2.05) is 17.8 Å². The summed E-state index contributed by atoms with van der Waals surface area (Å²) in [6, 6.07) is 8.31. The van der Waals surface area contributed by atoms with Gasteiger partial charge < -0.3 is 5.32 Å². The van der Waals surface area contributed by atoms with Crippen LogP contribution in [0, 0.1) is 11.3 Å². The van der Waals surface area contributed by atoms with Crippen LogP contribution >= 0.6 is 11.8 Å². The number of sulfone groups is 1. The first-order chi connectivity index (χ1) is 9.49. The second-order valence-corrected chi connectivity index (χ2v) is 7.90. The number of nitrogens with zero attached hydrogens (tertiary/aromatic N) is 1. The lowest BCUT2D eigenvalue weighted by atomic mass is 10.2. The van der Waals surface area contributed by atoms with Gasteiger partial charge in [-0.2, -0.15) is 17.0 Å². The minimum atomic E-state index is -3.28. The molecule has 1 aromatic carbocycles. The highest BCUT2D eigenvalue weighted by molar-refractivity contribution is 7.99. The van der Waals surface area contributed by atoms with Crippen molar-refractivity contribution in [3.05, 3.63) is 29.8 Å². The van der Waals surface area contributed by atoms with E-state index in [0.717, 1.165) is 11.5 Å². The predicted octanol–water partition coefficient (Wildman–Crippen LogP) is 2.06. The van der Waals surface area contributed by atoms with Crippen LogP contribution in [0.25, 0.3) is 0 Å². The highest BCUT2D eigenvalue weighted by Crippen LogP contribution is 2.12. The molecule has 1 N–H and O–H groups in total. The Morgan fingerprint density at radius 2 is 2.00 bits per heavy atom. The Hall–Kier alpha value is -1.03. The van der Waals surface area contributed by atoms with E-state index in [1.165, 1.54) is 24.3 Å². The molecule has 6 heteroatoms. The summed E-state index contributed by atoms with van der Waals surface area (Å²) in [5.41, 5.74) is 0.465. The highest BCUT2D eigenvalue weighted by atomic mass is 32.2. The van der Waals surface area contributed by atoms with Gasteiger partial charge in [0, 0.05) is 18.3 Å². The van der Waals surface area contributed by atoms with Crippen LogP contribution in [-0.2, 0) is 9.84 Å². The van der Waals surface area contributed by atoms with E-state index in [0.29, 0.717) is 18.2 Å². The van der Waals surface area contributed by atoms with Crippen molar-refractivity contribution in [3.8, 4) is 6.07 Å². The monoisotopic (exact) mass is 312 g/mol. The Morgan fingerprint density at radius 1 is 1.35 bits per heavy atom. The zero-order valence-electron chi connectivity index (χ0n) is 11.8. The SMILES string of the molecule is CCSCC(C)NCCS(=O)(=O)c1ccc(C#N)cc1. The molecule has 110 valence electrons.